The highest BCUT2D eigenvalue weighted by molar-refractivity contribution is 6.34. The molecule has 2 saturated carbocycles. The molecule has 0 spiro atoms. The van der Waals surface area contributed by atoms with Gasteiger partial charge in [0.2, 0.25) is 5.91 Å². The van der Waals surface area contributed by atoms with Crippen LogP contribution < -0.4 is 10.6 Å². The summed E-state index contributed by atoms with van der Waals surface area (Å²) in [7, 11) is 0. The highest BCUT2D eigenvalue weighted by Gasteiger charge is 2.45. The van der Waals surface area contributed by atoms with Crippen LogP contribution >= 0.6 is 11.6 Å². The zero-order valence-corrected chi connectivity index (χ0v) is 17.3. The average molecular weight is 411 g/mol. The number of nitrogens with one attached hydrogen (secondary N) is 2. The minimum atomic E-state index is -0.481. The predicted octanol–water partition coefficient (Wildman–Crippen LogP) is 5.46. The molecule has 0 atom stereocenters. The molecule has 2 aromatic carbocycles. The lowest BCUT2D eigenvalue weighted by Gasteiger charge is -2.40. The monoisotopic (exact) mass is 410 g/mol. The molecule has 4 nitrogen and oxygen atoms in total. The van der Waals surface area contributed by atoms with Crippen LogP contribution in [0.5, 0.6) is 0 Å². The lowest BCUT2D eigenvalue weighted by molar-refractivity contribution is -0.124. The van der Waals surface area contributed by atoms with Gasteiger partial charge >= 0.3 is 0 Å². The number of anilines is 1. The van der Waals surface area contributed by atoms with Gasteiger partial charge < -0.3 is 10.6 Å². The quantitative estimate of drug-likeness (QED) is 0.687. The van der Waals surface area contributed by atoms with E-state index in [2.05, 4.69) is 10.6 Å². The van der Waals surface area contributed by atoms with Crippen LogP contribution in [0.15, 0.2) is 48.5 Å². The molecule has 152 valence electrons. The summed E-state index contributed by atoms with van der Waals surface area (Å²) in [5, 5.41) is 6.53. The third-order valence-corrected chi connectivity index (χ3v) is 6.71. The summed E-state index contributed by atoms with van der Waals surface area (Å²) in [5.41, 5.74) is 1.59. The van der Waals surface area contributed by atoms with Crippen molar-refractivity contribution in [2.24, 2.45) is 0 Å². The second-order valence-corrected chi connectivity index (χ2v) is 8.67. The van der Waals surface area contributed by atoms with Crippen LogP contribution in [0.4, 0.5) is 5.69 Å². The molecule has 2 aliphatic rings. The van der Waals surface area contributed by atoms with Crippen LogP contribution in [0.2, 0.25) is 5.02 Å². The van der Waals surface area contributed by atoms with Crippen molar-refractivity contribution in [3.05, 3.63) is 64.7 Å². The van der Waals surface area contributed by atoms with E-state index >= 15 is 0 Å². The third-order valence-electron chi connectivity index (χ3n) is 6.38. The topological polar surface area (TPSA) is 58.2 Å². The van der Waals surface area contributed by atoms with Crippen molar-refractivity contribution in [1.82, 2.24) is 5.32 Å². The Morgan fingerprint density at radius 1 is 0.931 bits per heavy atom. The largest absolute Gasteiger partial charge is 0.349 e. The first kappa shape index (κ1) is 20.0. The minimum Gasteiger partial charge on any atom is -0.349 e. The molecule has 0 aliphatic heterocycles. The van der Waals surface area contributed by atoms with Gasteiger partial charge in [0.15, 0.2) is 0 Å². The van der Waals surface area contributed by atoms with Gasteiger partial charge in [-0.1, -0.05) is 67.6 Å². The average Bonchev–Trinajstić information content (AvgIpc) is 2.70. The normalized spacial score (nSPS) is 18.5. The number of rotatable bonds is 5. The molecule has 5 heteroatoms. The molecule has 0 radical (unpaired) electrons. The van der Waals surface area contributed by atoms with E-state index in [9.17, 15) is 9.59 Å². The first-order chi connectivity index (χ1) is 14.1. The minimum absolute atomic E-state index is 0.0177. The van der Waals surface area contributed by atoms with E-state index in [1.165, 1.54) is 6.42 Å². The van der Waals surface area contributed by atoms with Gasteiger partial charge in [0.1, 0.15) is 0 Å². The van der Waals surface area contributed by atoms with Crippen molar-refractivity contribution in [3.63, 3.8) is 0 Å². The van der Waals surface area contributed by atoms with Gasteiger partial charge in [-0.2, -0.15) is 0 Å². The van der Waals surface area contributed by atoms with Crippen molar-refractivity contribution in [2.75, 3.05) is 5.32 Å². The molecule has 2 N–H and O–H groups in total. The van der Waals surface area contributed by atoms with Crippen molar-refractivity contribution >= 4 is 29.1 Å². The van der Waals surface area contributed by atoms with Crippen LogP contribution in [-0.4, -0.2) is 17.9 Å². The zero-order valence-electron chi connectivity index (χ0n) is 16.5. The van der Waals surface area contributed by atoms with Crippen LogP contribution in [0.1, 0.15) is 67.3 Å². The Labute approximate surface area is 177 Å². The molecule has 0 bridgehead atoms. The van der Waals surface area contributed by atoms with E-state index in [0.717, 1.165) is 50.5 Å². The second kappa shape index (κ2) is 8.58. The van der Waals surface area contributed by atoms with Gasteiger partial charge in [-0.3, -0.25) is 9.59 Å². The maximum absolute atomic E-state index is 13.2. The van der Waals surface area contributed by atoms with Gasteiger partial charge in [-0.25, -0.2) is 0 Å². The Bertz CT molecular complexity index is 887. The second-order valence-electron chi connectivity index (χ2n) is 8.26. The Balaban J connectivity index is 1.50. The van der Waals surface area contributed by atoms with Gasteiger partial charge in [-0.05, 0) is 49.4 Å². The molecular formula is C24H27ClN2O2. The molecule has 2 aliphatic carbocycles. The molecule has 0 aromatic heterocycles. The van der Waals surface area contributed by atoms with E-state index in [-0.39, 0.29) is 17.9 Å². The number of hydrogen-bond donors (Lipinski definition) is 2. The van der Waals surface area contributed by atoms with E-state index in [0.29, 0.717) is 16.3 Å². The Morgan fingerprint density at radius 2 is 1.66 bits per heavy atom. The number of hydrogen-bond acceptors (Lipinski definition) is 2. The van der Waals surface area contributed by atoms with Crippen molar-refractivity contribution in [3.8, 4) is 0 Å². The van der Waals surface area contributed by atoms with E-state index < -0.39 is 5.41 Å². The zero-order chi connectivity index (χ0) is 20.3. The van der Waals surface area contributed by atoms with Crippen molar-refractivity contribution in [1.29, 1.82) is 0 Å². The Morgan fingerprint density at radius 3 is 2.31 bits per heavy atom. The molecular weight excluding hydrogens is 384 g/mol. The standard InChI is InChI=1S/C24H27ClN2O2/c25-21-13-12-19(16-20(21)22(28)26-18-10-5-2-6-11-18)27-23(29)24(14-7-15-24)17-8-3-1-4-9-17/h1,3-4,8-9,12-13,16,18H,2,5-7,10-11,14-15H2,(H,26,28)(H,27,29). The molecule has 0 saturated heterocycles. The highest BCUT2D eigenvalue weighted by Crippen LogP contribution is 2.44. The highest BCUT2D eigenvalue weighted by atomic mass is 35.5. The number of benzene rings is 2. The maximum atomic E-state index is 13.2. The first-order valence-corrected chi connectivity index (χ1v) is 10.9. The molecule has 4 rings (SSSR count). The Kier molecular flexibility index (Phi) is 5.91. The lowest BCUT2D eigenvalue weighted by Crippen LogP contribution is -2.46. The fraction of sp³-hybridized carbons (Fsp3) is 0.417. The molecule has 2 fully saturated rings. The Hall–Kier alpha value is -2.33. The lowest BCUT2D eigenvalue weighted by atomic mass is 9.64. The van der Waals surface area contributed by atoms with Gasteiger partial charge in [-0.15, -0.1) is 0 Å². The van der Waals surface area contributed by atoms with E-state index in [4.69, 9.17) is 11.6 Å². The number of halogens is 1. The third kappa shape index (κ3) is 4.18. The summed E-state index contributed by atoms with van der Waals surface area (Å²) in [6.07, 6.45) is 8.28. The summed E-state index contributed by atoms with van der Waals surface area (Å²) in [4.78, 5) is 25.9. The van der Waals surface area contributed by atoms with Crippen molar-refractivity contribution in [2.45, 2.75) is 62.8 Å². The molecule has 2 amide bonds. The number of carbonyl (C=O) groups is 2. The van der Waals surface area contributed by atoms with Gasteiger partial charge in [0, 0.05) is 11.7 Å². The van der Waals surface area contributed by atoms with Gasteiger partial charge in [0.05, 0.1) is 16.0 Å². The van der Waals surface area contributed by atoms with Crippen molar-refractivity contribution < 1.29 is 9.59 Å². The molecule has 0 unspecified atom stereocenters. The van der Waals surface area contributed by atoms with Crippen LogP contribution in [0.3, 0.4) is 0 Å². The molecule has 29 heavy (non-hydrogen) atoms. The fourth-order valence-corrected chi connectivity index (χ4v) is 4.68. The van der Waals surface area contributed by atoms with Crippen LogP contribution in [0, 0.1) is 0 Å². The summed E-state index contributed by atoms with van der Waals surface area (Å²) in [5.74, 6) is -0.185. The summed E-state index contributed by atoms with van der Waals surface area (Å²) < 4.78 is 0. The fourth-order valence-electron chi connectivity index (χ4n) is 4.47. The van der Waals surface area contributed by atoms with E-state index in [1.807, 2.05) is 30.3 Å². The maximum Gasteiger partial charge on any atom is 0.253 e. The number of carbonyl (C=O) groups excluding carboxylic acids is 2. The van der Waals surface area contributed by atoms with Gasteiger partial charge in [0.25, 0.3) is 5.91 Å². The summed E-state index contributed by atoms with van der Waals surface area (Å²) >= 11 is 6.30. The predicted molar refractivity (Wildman–Crippen MR) is 116 cm³/mol. The number of amides is 2. The smallest absolute Gasteiger partial charge is 0.253 e. The van der Waals surface area contributed by atoms with E-state index in [1.54, 1.807) is 18.2 Å². The first-order valence-electron chi connectivity index (χ1n) is 10.6. The molecule has 2 aromatic rings. The summed E-state index contributed by atoms with van der Waals surface area (Å²) in [6.45, 7) is 0. The summed E-state index contributed by atoms with van der Waals surface area (Å²) in [6, 6.07) is 15.3. The SMILES string of the molecule is O=C(NC1CCCCC1)c1cc(NC(=O)C2(c3ccccc3)CCC2)ccc1Cl. The molecule has 0 heterocycles. The van der Waals surface area contributed by atoms with Crippen LogP contribution in [0.25, 0.3) is 0 Å². The van der Waals surface area contributed by atoms with Crippen LogP contribution in [-0.2, 0) is 10.2 Å².